The van der Waals surface area contributed by atoms with Crippen molar-refractivity contribution in [2.24, 2.45) is 5.10 Å². The van der Waals surface area contributed by atoms with Crippen molar-refractivity contribution in [3.63, 3.8) is 0 Å². The predicted molar refractivity (Wildman–Crippen MR) is 145 cm³/mol. The molecule has 1 N–H and O–H groups in total. The molecule has 1 amide bonds. The number of carbonyl (C=O) groups excluding carboxylic acids is 1. The number of amides is 1. The number of benzene rings is 3. The summed E-state index contributed by atoms with van der Waals surface area (Å²) < 4.78 is 13.2. The van der Waals surface area contributed by atoms with Crippen molar-refractivity contribution < 1.29 is 14.3 Å². The first-order valence-electron chi connectivity index (χ1n) is 10.9. The molecular weight excluding hydrogens is 542 g/mol. The summed E-state index contributed by atoms with van der Waals surface area (Å²) in [7, 11) is 3.23. The SMILES string of the molecule is COc1ccc(-c2nnc(SCC(=O)N/N=C\c3ccc(OC)c(Br)c3)n2-c2ccc(C)cc2)cc1. The fourth-order valence-corrected chi connectivity index (χ4v) is 4.62. The predicted octanol–water partition coefficient (Wildman–Crippen LogP) is 5.26. The minimum absolute atomic E-state index is 0.121. The normalized spacial score (nSPS) is 11.0. The summed E-state index contributed by atoms with van der Waals surface area (Å²) in [5.74, 6) is 2.02. The minimum atomic E-state index is -0.256. The van der Waals surface area contributed by atoms with Gasteiger partial charge in [0, 0.05) is 11.3 Å². The molecule has 8 nitrogen and oxygen atoms in total. The van der Waals surface area contributed by atoms with Gasteiger partial charge in [0.15, 0.2) is 11.0 Å². The highest BCUT2D eigenvalue weighted by Crippen LogP contribution is 2.29. The minimum Gasteiger partial charge on any atom is -0.497 e. The van der Waals surface area contributed by atoms with E-state index in [9.17, 15) is 4.79 Å². The van der Waals surface area contributed by atoms with Crippen LogP contribution in [0.2, 0.25) is 0 Å². The van der Waals surface area contributed by atoms with Crippen LogP contribution in [0.1, 0.15) is 11.1 Å². The topological polar surface area (TPSA) is 90.6 Å². The Hall–Kier alpha value is -3.63. The average Bonchev–Trinajstić information content (AvgIpc) is 3.32. The highest BCUT2D eigenvalue weighted by atomic mass is 79.9. The number of halogens is 1. The summed E-state index contributed by atoms with van der Waals surface area (Å²) in [6, 6.07) is 21.2. The molecule has 0 aliphatic rings. The van der Waals surface area contributed by atoms with Gasteiger partial charge in [0.2, 0.25) is 0 Å². The van der Waals surface area contributed by atoms with Crippen molar-refractivity contribution in [1.82, 2.24) is 20.2 Å². The van der Waals surface area contributed by atoms with Crippen LogP contribution in [0, 0.1) is 6.92 Å². The van der Waals surface area contributed by atoms with Gasteiger partial charge in [0.25, 0.3) is 5.91 Å². The number of carbonyl (C=O) groups is 1. The third-order valence-corrected chi connectivity index (χ3v) is 6.73. The average molecular weight is 566 g/mol. The molecule has 0 saturated heterocycles. The Labute approximate surface area is 221 Å². The maximum atomic E-state index is 12.5. The maximum Gasteiger partial charge on any atom is 0.250 e. The van der Waals surface area contributed by atoms with Crippen molar-refractivity contribution in [3.05, 3.63) is 82.3 Å². The monoisotopic (exact) mass is 565 g/mol. The van der Waals surface area contributed by atoms with Crippen LogP contribution in [0.25, 0.3) is 17.1 Å². The number of nitrogens with zero attached hydrogens (tertiary/aromatic N) is 4. The van der Waals surface area contributed by atoms with Gasteiger partial charge in [0.05, 0.1) is 30.7 Å². The number of aromatic nitrogens is 3. The Morgan fingerprint density at radius 2 is 1.81 bits per heavy atom. The molecule has 1 aromatic heterocycles. The van der Waals surface area contributed by atoms with Crippen LogP contribution in [0.3, 0.4) is 0 Å². The van der Waals surface area contributed by atoms with Crippen LogP contribution >= 0.6 is 27.7 Å². The van der Waals surface area contributed by atoms with E-state index in [0.717, 1.165) is 38.3 Å². The molecule has 0 radical (unpaired) electrons. The fraction of sp³-hybridized carbons (Fsp3) is 0.154. The molecule has 0 saturated carbocycles. The van der Waals surface area contributed by atoms with Gasteiger partial charge in [0.1, 0.15) is 11.5 Å². The van der Waals surface area contributed by atoms with Gasteiger partial charge in [-0.1, -0.05) is 29.5 Å². The number of nitrogens with one attached hydrogen (secondary N) is 1. The van der Waals surface area contributed by atoms with E-state index in [1.807, 2.05) is 78.2 Å². The third kappa shape index (κ3) is 6.13. The van der Waals surface area contributed by atoms with E-state index >= 15 is 0 Å². The van der Waals surface area contributed by atoms with Gasteiger partial charge in [-0.05, 0) is 83.0 Å². The Bertz CT molecular complexity index is 1370. The van der Waals surface area contributed by atoms with Gasteiger partial charge in [-0.2, -0.15) is 5.10 Å². The lowest BCUT2D eigenvalue weighted by Gasteiger charge is -2.11. The van der Waals surface area contributed by atoms with Crippen LogP contribution in [0.4, 0.5) is 0 Å². The van der Waals surface area contributed by atoms with Crippen molar-refractivity contribution in [1.29, 1.82) is 0 Å². The number of hydrogen-bond donors (Lipinski definition) is 1. The van der Waals surface area contributed by atoms with Crippen molar-refractivity contribution in [2.45, 2.75) is 12.1 Å². The van der Waals surface area contributed by atoms with E-state index in [-0.39, 0.29) is 11.7 Å². The van der Waals surface area contributed by atoms with Gasteiger partial charge in [-0.25, -0.2) is 5.43 Å². The molecule has 0 fully saturated rings. The number of rotatable bonds is 9. The molecule has 0 spiro atoms. The molecular formula is C26H24BrN5O3S. The smallest absolute Gasteiger partial charge is 0.250 e. The van der Waals surface area contributed by atoms with E-state index in [1.165, 1.54) is 11.8 Å². The van der Waals surface area contributed by atoms with Gasteiger partial charge in [-0.15, -0.1) is 10.2 Å². The fourth-order valence-electron chi connectivity index (χ4n) is 3.32. The third-order valence-electron chi connectivity index (χ3n) is 5.18. The van der Waals surface area contributed by atoms with Crippen LogP contribution in [-0.2, 0) is 4.79 Å². The molecule has 4 rings (SSSR count). The number of hydrogen-bond acceptors (Lipinski definition) is 7. The first kappa shape index (κ1) is 25.5. The lowest BCUT2D eigenvalue weighted by atomic mass is 10.2. The number of ether oxygens (including phenoxy) is 2. The molecule has 0 atom stereocenters. The maximum absolute atomic E-state index is 12.5. The first-order chi connectivity index (χ1) is 17.5. The largest absolute Gasteiger partial charge is 0.497 e. The van der Waals surface area contributed by atoms with Gasteiger partial charge < -0.3 is 9.47 Å². The summed E-state index contributed by atoms with van der Waals surface area (Å²) in [6.07, 6.45) is 1.57. The van der Waals surface area contributed by atoms with Crippen molar-refractivity contribution in [3.8, 4) is 28.6 Å². The second kappa shape index (κ2) is 11.9. The molecule has 3 aromatic carbocycles. The molecule has 10 heteroatoms. The highest BCUT2D eigenvalue weighted by Gasteiger charge is 2.17. The van der Waals surface area contributed by atoms with Gasteiger partial charge >= 0.3 is 0 Å². The quantitative estimate of drug-likeness (QED) is 0.169. The second-order valence-electron chi connectivity index (χ2n) is 7.68. The Morgan fingerprint density at radius 3 is 2.47 bits per heavy atom. The zero-order valence-electron chi connectivity index (χ0n) is 19.9. The van der Waals surface area contributed by atoms with Crippen LogP contribution in [0.15, 0.2) is 81.5 Å². The molecule has 0 bridgehead atoms. The lowest BCUT2D eigenvalue weighted by Crippen LogP contribution is -2.20. The second-order valence-corrected chi connectivity index (χ2v) is 9.48. The number of hydrazone groups is 1. The van der Waals surface area contributed by atoms with E-state index in [0.29, 0.717) is 11.0 Å². The zero-order chi connectivity index (χ0) is 25.5. The first-order valence-corrected chi connectivity index (χ1v) is 12.7. The molecule has 0 unspecified atom stereocenters. The summed E-state index contributed by atoms with van der Waals surface area (Å²) in [5, 5.41) is 13.4. The Kier molecular flexibility index (Phi) is 8.40. The summed E-state index contributed by atoms with van der Waals surface area (Å²) in [4.78, 5) is 12.5. The molecule has 0 aliphatic heterocycles. The lowest BCUT2D eigenvalue weighted by molar-refractivity contribution is -0.118. The van der Waals surface area contributed by atoms with E-state index in [2.05, 4.69) is 36.7 Å². The summed E-state index contributed by atoms with van der Waals surface area (Å²) in [6.45, 7) is 2.03. The molecule has 184 valence electrons. The number of methoxy groups -OCH3 is 2. The standard InChI is InChI=1S/C26H24BrN5O3S/c1-17-4-9-20(10-5-17)32-25(19-7-11-21(34-2)12-8-19)30-31-26(32)36-16-24(33)29-28-15-18-6-13-23(35-3)22(27)14-18/h4-15H,16H2,1-3H3,(H,29,33)/b28-15-. The zero-order valence-corrected chi connectivity index (χ0v) is 22.3. The highest BCUT2D eigenvalue weighted by molar-refractivity contribution is 9.10. The van der Waals surface area contributed by atoms with Gasteiger partial charge in [-0.3, -0.25) is 9.36 Å². The van der Waals surface area contributed by atoms with Crippen LogP contribution in [-0.4, -0.2) is 46.9 Å². The van der Waals surface area contributed by atoms with Crippen molar-refractivity contribution >= 4 is 39.8 Å². The number of aryl methyl sites for hydroxylation is 1. The van der Waals surface area contributed by atoms with E-state index in [1.54, 1.807) is 20.4 Å². The summed E-state index contributed by atoms with van der Waals surface area (Å²) in [5.41, 5.74) is 6.31. The van der Waals surface area contributed by atoms with Crippen molar-refractivity contribution in [2.75, 3.05) is 20.0 Å². The summed E-state index contributed by atoms with van der Waals surface area (Å²) >= 11 is 4.72. The molecule has 4 aromatic rings. The van der Waals surface area contributed by atoms with E-state index < -0.39 is 0 Å². The Balaban J connectivity index is 1.49. The Morgan fingerprint density at radius 1 is 1.06 bits per heavy atom. The number of thioether (sulfide) groups is 1. The molecule has 36 heavy (non-hydrogen) atoms. The van der Waals surface area contributed by atoms with Crippen LogP contribution in [0.5, 0.6) is 11.5 Å². The molecule has 0 aliphatic carbocycles. The van der Waals surface area contributed by atoms with Crippen LogP contribution < -0.4 is 14.9 Å². The van der Waals surface area contributed by atoms with E-state index in [4.69, 9.17) is 9.47 Å². The molecule has 1 heterocycles.